The van der Waals surface area contributed by atoms with Gasteiger partial charge in [-0.15, -0.1) is 0 Å². The molecule has 27 heavy (non-hydrogen) atoms. The zero-order valence-corrected chi connectivity index (χ0v) is 15.7. The maximum absolute atomic E-state index is 12.8. The SMILES string of the molecule is [C-]#[N+]c1cccc(-c2ccc3c(c2)C(=O)CC(C2CCOC(C)(C)C2)O3)c1. The molecule has 4 heteroatoms. The highest BCUT2D eigenvalue weighted by Crippen LogP contribution is 2.39. The highest BCUT2D eigenvalue weighted by molar-refractivity contribution is 6.01. The van der Waals surface area contributed by atoms with Crippen LogP contribution < -0.4 is 4.74 Å². The molecule has 0 radical (unpaired) electrons. The molecule has 0 aromatic heterocycles. The third-order valence-electron chi connectivity index (χ3n) is 5.51. The number of ketones is 1. The van der Waals surface area contributed by atoms with Crippen molar-refractivity contribution in [2.45, 2.75) is 44.8 Å². The molecule has 4 nitrogen and oxygen atoms in total. The zero-order chi connectivity index (χ0) is 19.0. The number of nitrogens with zero attached hydrogens (tertiary/aromatic N) is 1. The third kappa shape index (κ3) is 3.61. The van der Waals surface area contributed by atoms with E-state index in [1.165, 1.54) is 0 Å². The summed E-state index contributed by atoms with van der Waals surface area (Å²) in [4.78, 5) is 16.3. The van der Waals surface area contributed by atoms with Crippen LogP contribution in [0.3, 0.4) is 0 Å². The Kier molecular flexibility index (Phi) is 4.49. The van der Waals surface area contributed by atoms with Crippen LogP contribution in [0.1, 0.15) is 43.5 Å². The summed E-state index contributed by atoms with van der Waals surface area (Å²) < 4.78 is 12.1. The van der Waals surface area contributed by atoms with E-state index in [-0.39, 0.29) is 17.5 Å². The molecule has 2 atom stereocenters. The van der Waals surface area contributed by atoms with Gasteiger partial charge in [-0.1, -0.05) is 24.3 Å². The fraction of sp³-hybridized carbons (Fsp3) is 0.391. The lowest BCUT2D eigenvalue weighted by atomic mass is 9.81. The first-order valence-corrected chi connectivity index (χ1v) is 9.41. The van der Waals surface area contributed by atoms with Crippen molar-refractivity contribution in [3.63, 3.8) is 0 Å². The summed E-state index contributed by atoms with van der Waals surface area (Å²) in [5.41, 5.74) is 2.94. The summed E-state index contributed by atoms with van der Waals surface area (Å²) in [7, 11) is 0. The largest absolute Gasteiger partial charge is 0.489 e. The topological polar surface area (TPSA) is 39.9 Å². The molecule has 2 aromatic rings. The van der Waals surface area contributed by atoms with Crippen LogP contribution >= 0.6 is 0 Å². The summed E-state index contributed by atoms with van der Waals surface area (Å²) in [6.07, 6.45) is 2.17. The van der Waals surface area contributed by atoms with Gasteiger partial charge >= 0.3 is 0 Å². The Hall–Kier alpha value is -2.64. The van der Waals surface area contributed by atoms with Crippen LogP contribution in [-0.2, 0) is 4.74 Å². The molecule has 0 N–H and O–H groups in total. The Morgan fingerprint density at radius 2 is 1.96 bits per heavy atom. The van der Waals surface area contributed by atoms with Crippen molar-refractivity contribution >= 4 is 11.5 Å². The molecule has 2 aromatic carbocycles. The van der Waals surface area contributed by atoms with Gasteiger partial charge < -0.3 is 9.47 Å². The van der Waals surface area contributed by atoms with Gasteiger partial charge in [0.25, 0.3) is 0 Å². The first-order valence-electron chi connectivity index (χ1n) is 9.41. The van der Waals surface area contributed by atoms with E-state index in [0.29, 0.717) is 29.3 Å². The Labute approximate surface area is 159 Å². The van der Waals surface area contributed by atoms with Crippen LogP contribution in [0.5, 0.6) is 5.75 Å². The van der Waals surface area contributed by atoms with Gasteiger partial charge in [0.2, 0.25) is 0 Å². The lowest BCUT2D eigenvalue weighted by molar-refractivity contribution is -0.0919. The van der Waals surface area contributed by atoms with Crippen molar-refractivity contribution in [3.05, 3.63) is 59.4 Å². The molecule has 2 aliphatic rings. The van der Waals surface area contributed by atoms with Crippen molar-refractivity contribution in [2.24, 2.45) is 5.92 Å². The minimum absolute atomic E-state index is 0.0792. The number of hydrogen-bond donors (Lipinski definition) is 0. The number of fused-ring (bicyclic) bond motifs is 1. The molecular weight excluding hydrogens is 338 g/mol. The molecule has 0 amide bonds. The molecule has 1 saturated heterocycles. The van der Waals surface area contributed by atoms with Gasteiger partial charge in [-0.3, -0.25) is 4.79 Å². The number of carbonyl (C=O) groups is 1. The smallest absolute Gasteiger partial charge is 0.187 e. The molecule has 4 rings (SSSR count). The molecule has 0 saturated carbocycles. The van der Waals surface area contributed by atoms with Crippen LogP contribution in [-0.4, -0.2) is 24.1 Å². The molecule has 2 aliphatic heterocycles. The van der Waals surface area contributed by atoms with Crippen molar-refractivity contribution in [1.82, 2.24) is 0 Å². The van der Waals surface area contributed by atoms with Crippen molar-refractivity contribution in [1.29, 1.82) is 0 Å². The number of carbonyl (C=O) groups excluding carboxylic acids is 1. The lowest BCUT2D eigenvalue weighted by Gasteiger charge is -2.40. The lowest BCUT2D eigenvalue weighted by Crippen LogP contribution is -2.42. The number of ether oxygens (including phenoxy) is 2. The van der Waals surface area contributed by atoms with Gasteiger partial charge in [0.15, 0.2) is 11.5 Å². The molecular formula is C23H23NO3. The predicted octanol–water partition coefficient (Wildman–Crippen LogP) is 5.44. The molecule has 138 valence electrons. The third-order valence-corrected chi connectivity index (χ3v) is 5.51. The quantitative estimate of drug-likeness (QED) is 0.668. The number of benzene rings is 2. The Bertz CT molecular complexity index is 925. The average molecular weight is 361 g/mol. The van der Waals surface area contributed by atoms with E-state index in [9.17, 15) is 4.79 Å². The number of Topliss-reactive ketones (excluding diaryl/α,β-unsaturated/α-hetero) is 1. The van der Waals surface area contributed by atoms with E-state index in [4.69, 9.17) is 16.0 Å². The second kappa shape index (κ2) is 6.83. The molecule has 0 aliphatic carbocycles. The number of hydrogen-bond acceptors (Lipinski definition) is 3. The summed E-state index contributed by atoms with van der Waals surface area (Å²) in [6, 6.07) is 13.2. The summed E-state index contributed by atoms with van der Waals surface area (Å²) in [5.74, 6) is 1.14. The minimum Gasteiger partial charge on any atom is -0.489 e. The maximum Gasteiger partial charge on any atom is 0.187 e. The van der Waals surface area contributed by atoms with Gasteiger partial charge in [-0.2, -0.15) is 0 Å². The minimum atomic E-state index is -0.159. The second-order valence-corrected chi connectivity index (χ2v) is 8.02. The van der Waals surface area contributed by atoms with E-state index in [2.05, 4.69) is 18.7 Å². The number of rotatable bonds is 2. The Morgan fingerprint density at radius 1 is 1.15 bits per heavy atom. The Morgan fingerprint density at radius 3 is 2.74 bits per heavy atom. The van der Waals surface area contributed by atoms with Crippen LogP contribution in [0.25, 0.3) is 16.0 Å². The van der Waals surface area contributed by atoms with Gasteiger partial charge in [-0.05, 0) is 56.0 Å². The van der Waals surface area contributed by atoms with Gasteiger partial charge in [0, 0.05) is 18.9 Å². The van der Waals surface area contributed by atoms with Gasteiger partial charge in [-0.25, -0.2) is 4.85 Å². The van der Waals surface area contributed by atoms with Crippen LogP contribution in [0.2, 0.25) is 0 Å². The fourth-order valence-electron chi connectivity index (χ4n) is 4.14. The van der Waals surface area contributed by atoms with Crippen molar-refractivity contribution in [3.8, 4) is 16.9 Å². The van der Waals surface area contributed by atoms with E-state index in [1.807, 2.05) is 36.4 Å². The molecule has 2 unspecified atom stereocenters. The van der Waals surface area contributed by atoms with Crippen molar-refractivity contribution < 1.29 is 14.3 Å². The van der Waals surface area contributed by atoms with E-state index in [1.54, 1.807) is 6.07 Å². The standard InChI is InChI=1S/C23H23NO3/c1-23(2)14-17(9-10-26-23)22-13-20(25)19-12-16(7-8-21(19)27-22)15-5-4-6-18(11-15)24-3/h4-8,11-12,17,22H,9-10,13-14H2,1-2H3. The highest BCUT2D eigenvalue weighted by Gasteiger charge is 2.38. The van der Waals surface area contributed by atoms with Crippen LogP contribution in [0.15, 0.2) is 42.5 Å². The van der Waals surface area contributed by atoms with Crippen LogP contribution in [0.4, 0.5) is 5.69 Å². The first-order chi connectivity index (χ1) is 12.9. The normalized spacial score (nSPS) is 23.8. The monoisotopic (exact) mass is 361 g/mol. The first kappa shape index (κ1) is 17.8. The van der Waals surface area contributed by atoms with Crippen molar-refractivity contribution in [2.75, 3.05) is 6.61 Å². The van der Waals surface area contributed by atoms with Gasteiger partial charge in [0.05, 0.1) is 17.7 Å². The molecule has 0 bridgehead atoms. The summed E-state index contributed by atoms with van der Waals surface area (Å²) >= 11 is 0. The van der Waals surface area contributed by atoms with Crippen LogP contribution in [0, 0.1) is 12.5 Å². The zero-order valence-electron chi connectivity index (χ0n) is 15.7. The average Bonchev–Trinajstić information content (AvgIpc) is 2.67. The van der Waals surface area contributed by atoms with E-state index < -0.39 is 0 Å². The van der Waals surface area contributed by atoms with E-state index >= 15 is 0 Å². The maximum atomic E-state index is 12.8. The summed E-state index contributed by atoms with van der Waals surface area (Å²) in [6.45, 7) is 12.1. The Balaban J connectivity index is 1.60. The molecule has 0 spiro atoms. The second-order valence-electron chi connectivity index (χ2n) is 8.02. The fourth-order valence-corrected chi connectivity index (χ4v) is 4.14. The highest BCUT2D eigenvalue weighted by atomic mass is 16.5. The molecule has 1 fully saturated rings. The predicted molar refractivity (Wildman–Crippen MR) is 104 cm³/mol. The van der Waals surface area contributed by atoms with E-state index in [0.717, 1.165) is 30.6 Å². The molecule has 2 heterocycles. The van der Waals surface area contributed by atoms with Gasteiger partial charge in [0.1, 0.15) is 11.9 Å². The summed E-state index contributed by atoms with van der Waals surface area (Å²) in [5, 5.41) is 0.